The van der Waals surface area contributed by atoms with Gasteiger partial charge in [0.1, 0.15) is 6.54 Å². The maximum Gasteiger partial charge on any atom is 0.244 e. The summed E-state index contributed by atoms with van der Waals surface area (Å²) >= 11 is 2.17. The van der Waals surface area contributed by atoms with Crippen molar-refractivity contribution in [3.8, 4) is 0 Å². The summed E-state index contributed by atoms with van der Waals surface area (Å²) in [4.78, 5) is 21.4. The molecule has 0 aromatic carbocycles. The Morgan fingerprint density at radius 2 is 1.80 bits per heavy atom. The number of hydrogen-bond acceptors (Lipinski definition) is 3. The van der Waals surface area contributed by atoms with Crippen LogP contribution in [0.4, 0.5) is 0 Å². The van der Waals surface area contributed by atoms with E-state index in [2.05, 4.69) is 28.9 Å². The van der Waals surface area contributed by atoms with Crippen molar-refractivity contribution in [3.63, 3.8) is 0 Å². The Morgan fingerprint density at radius 3 is 2.48 bits per heavy atom. The van der Waals surface area contributed by atoms with Gasteiger partial charge in [0.05, 0.1) is 0 Å². The third kappa shape index (κ3) is 5.65. The molecule has 3 rings (SSSR count). The van der Waals surface area contributed by atoms with Crippen LogP contribution in [0.25, 0.3) is 0 Å². The van der Waals surface area contributed by atoms with Crippen LogP contribution in [-0.2, 0) is 4.79 Å². The van der Waals surface area contributed by atoms with Crippen molar-refractivity contribution < 1.29 is 4.79 Å². The minimum atomic E-state index is 0. The number of guanidine groups is 1. The number of halogens is 1. The minimum Gasteiger partial charge on any atom is -0.357 e. The number of carbonyl (C=O) groups excluding carboxylic acids is 1. The second-order valence-electron chi connectivity index (χ2n) is 7.27. The van der Waals surface area contributed by atoms with Crippen molar-refractivity contribution >= 4 is 47.6 Å². The van der Waals surface area contributed by atoms with Crippen molar-refractivity contribution in [2.24, 2.45) is 4.99 Å². The van der Waals surface area contributed by atoms with E-state index in [1.807, 2.05) is 4.90 Å². The summed E-state index contributed by atoms with van der Waals surface area (Å²) in [5, 5.41) is 3.42. The Labute approximate surface area is 173 Å². The van der Waals surface area contributed by atoms with Gasteiger partial charge in [0.15, 0.2) is 5.96 Å². The number of amides is 1. The molecule has 3 aliphatic rings. The summed E-state index contributed by atoms with van der Waals surface area (Å²) in [5.41, 5.74) is 0. The van der Waals surface area contributed by atoms with Crippen LogP contribution in [0.15, 0.2) is 4.99 Å². The van der Waals surface area contributed by atoms with Gasteiger partial charge >= 0.3 is 0 Å². The molecule has 144 valence electrons. The van der Waals surface area contributed by atoms with Crippen LogP contribution in [0, 0.1) is 0 Å². The van der Waals surface area contributed by atoms with E-state index < -0.39 is 0 Å². The fraction of sp³-hybridized carbons (Fsp3) is 0.889. The molecule has 0 aromatic heterocycles. The molecule has 2 saturated heterocycles. The van der Waals surface area contributed by atoms with E-state index in [1.54, 1.807) is 0 Å². The first kappa shape index (κ1) is 21.1. The highest BCUT2D eigenvalue weighted by molar-refractivity contribution is 14.0. The second-order valence-corrected chi connectivity index (χ2v) is 8.83. The smallest absolute Gasteiger partial charge is 0.244 e. The van der Waals surface area contributed by atoms with Gasteiger partial charge in [-0.25, -0.2) is 4.99 Å². The van der Waals surface area contributed by atoms with Gasteiger partial charge in [-0.1, -0.05) is 19.3 Å². The number of nitrogens with one attached hydrogen (secondary N) is 1. The van der Waals surface area contributed by atoms with Gasteiger partial charge < -0.3 is 15.1 Å². The Hall–Kier alpha value is -0.180. The molecular formula is C18H33IN4OS. The lowest BCUT2D eigenvalue weighted by molar-refractivity contribution is -0.128. The first-order valence-electron chi connectivity index (χ1n) is 9.67. The summed E-state index contributed by atoms with van der Waals surface area (Å²) in [6, 6.07) is 0. The van der Waals surface area contributed by atoms with Crippen molar-refractivity contribution in [2.45, 2.75) is 56.6 Å². The number of rotatable bonds is 3. The molecule has 0 bridgehead atoms. The summed E-state index contributed by atoms with van der Waals surface area (Å²) in [6.07, 6.45) is 9.06. The molecule has 3 fully saturated rings. The van der Waals surface area contributed by atoms with Gasteiger partial charge in [0.25, 0.3) is 0 Å². The highest BCUT2D eigenvalue weighted by Crippen LogP contribution is 2.42. The van der Waals surface area contributed by atoms with Crippen LogP contribution in [0.1, 0.15) is 51.9 Å². The third-order valence-electron chi connectivity index (χ3n) is 5.47. The molecule has 0 radical (unpaired) electrons. The summed E-state index contributed by atoms with van der Waals surface area (Å²) in [5.74, 6) is 2.29. The molecule has 1 aliphatic carbocycles. The van der Waals surface area contributed by atoms with E-state index >= 15 is 0 Å². The lowest BCUT2D eigenvalue weighted by atomic mass is 9.87. The Kier molecular flexibility index (Phi) is 8.64. The second kappa shape index (κ2) is 10.2. The number of carbonyl (C=O) groups is 1. The lowest BCUT2D eigenvalue weighted by Crippen LogP contribution is -2.53. The maximum atomic E-state index is 12.3. The molecule has 1 spiro atoms. The van der Waals surface area contributed by atoms with Crippen LogP contribution < -0.4 is 5.32 Å². The average Bonchev–Trinajstić information content (AvgIpc) is 3.14. The highest BCUT2D eigenvalue weighted by atomic mass is 127. The molecule has 5 nitrogen and oxygen atoms in total. The normalized spacial score (nSPS) is 23.5. The largest absolute Gasteiger partial charge is 0.357 e. The average molecular weight is 480 g/mol. The van der Waals surface area contributed by atoms with Crippen molar-refractivity contribution in [1.29, 1.82) is 0 Å². The number of thioether (sulfide) groups is 1. The first-order chi connectivity index (χ1) is 11.7. The molecular weight excluding hydrogens is 447 g/mol. The predicted molar refractivity (Wildman–Crippen MR) is 117 cm³/mol. The minimum absolute atomic E-state index is 0. The topological polar surface area (TPSA) is 47.9 Å². The van der Waals surface area contributed by atoms with E-state index in [1.165, 1.54) is 37.9 Å². The van der Waals surface area contributed by atoms with Gasteiger partial charge in [-0.3, -0.25) is 4.79 Å². The standard InChI is InChI=1S/C18H32N4OS.HI/c1-2-19-17(20-14-16(23)21-10-6-7-11-21)22-12-13-24-18(15-22)8-4-3-5-9-18;/h2-15H2,1H3,(H,19,20);1H. The highest BCUT2D eigenvalue weighted by Gasteiger charge is 2.38. The first-order valence-corrected chi connectivity index (χ1v) is 10.7. The quantitative estimate of drug-likeness (QED) is 0.384. The molecule has 0 aromatic rings. The van der Waals surface area contributed by atoms with Crippen LogP contribution in [0.5, 0.6) is 0 Å². The zero-order valence-corrected chi connectivity index (χ0v) is 18.6. The Balaban J connectivity index is 0.00000225. The van der Waals surface area contributed by atoms with E-state index in [4.69, 9.17) is 4.99 Å². The maximum absolute atomic E-state index is 12.3. The van der Waals surface area contributed by atoms with Crippen LogP contribution >= 0.6 is 35.7 Å². The van der Waals surface area contributed by atoms with Crippen LogP contribution in [0.3, 0.4) is 0 Å². The monoisotopic (exact) mass is 480 g/mol. The van der Waals surface area contributed by atoms with Gasteiger partial charge in [0, 0.05) is 43.2 Å². The van der Waals surface area contributed by atoms with E-state index in [9.17, 15) is 4.79 Å². The zero-order chi connectivity index (χ0) is 16.8. The third-order valence-corrected chi connectivity index (χ3v) is 7.01. The zero-order valence-electron chi connectivity index (χ0n) is 15.5. The van der Waals surface area contributed by atoms with Crippen molar-refractivity contribution in [3.05, 3.63) is 0 Å². The molecule has 1 saturated carbocycles. The number of likely N-dealkylation sites (tertiary alicyclic amines) is 1. The molecule has 1 amide bonds. The summed E-state index contributed by atoms with van der Waals surface area (Å²) in [7, 11) is 0. The summed E-state index contributed by atoms with van der Waals surface area (Å²) < 4.78 is 0.422. The van der Waals surface area contributed by atoms with Gasteiger partial charge in [-0.2, -0.15) is 11.8 Å². The van der Waals surface area contributed by atoms with E-state index in [0.717, 1.165) is 51.5 Å². The van der Waals surface area contributed by atoms with Crippen molar-refractivity contribution in [1.82, 2.24) is 15.1 Å². The molecule has 2 heterocycles. The number of hydrogen-bond donors (Lipinski definition) is 1. The molecule has 7 heteroatoms. The molecule has 0 atom stereocenters. The molecule has 0 unspecified atom stereocenters. The number of nitrogens with zero attached hydrogens (tertiary/aromatic N) is 3. The molecule has 2 aliphatic heterocycles. The SMILES string of the molecule is CCNC(=NCC(=O)N1CCCC1)N1CCSC2(CCCCC2)C1.I. The van der Waals surface area contributed by atoms with Crippen LogP contribution in [0.2, 0.25) is 0 Å². The predicted octanol–water partition coefficient (Wildman–Crippen LogP) is 2.94. The van der Waals surface area contributed by atoms with Gasteiger partial charge in [-0.05, 0) is 32.6 Å². The summed E-state index contributed by atoms with van der Waals surface area (Å²) in [6.45, 7) is 7.19. The molecule has 1 N–H and O–H groups in total. The fourth-order valence-electron chi connectivity index (χ4n) is 4.16. The number of aliphatic imine (C=N–C) groups is 1. The lowest BCUT2D eigenvalue weighted by Gasteiger charge is -2.45. The molecule has 25 heavy (non-hydrogen) atoms. The Morgan fingerprint density at radius 1 is 1.08 bits per heavy atom. The van der Waals surface area contributed by atoms with Crippen molar-refractivity contribution in [2.75, 3.05) is 45.0 Å². The van der Waals surface area contributed by atoms with E-state index in [-0.39, 0.29) is 29.9 Å². The van der Waals surface area contributed by atoms with Gasteiger partial charge in [-0.15, -0.1) is 24.0 Å². The van der Waals surface area contributed by atoms with Crippen LogP contribution in [-0.4, -0.2) is 71.4 Å². The van der Waals surface area contributed by atoms with E-state index in [0.29, 0.717) is 11.3 Å². The fourth-order valence-corrected chi connectivity index (χ4v) is 5.73. The van der Waals surface area contributed by atoms with Gasteiger partial charge in [0.2, 0.25) is 5.91 Å². The Bertz CT molecular complexity index is 456.